The molecule has 0 aliphatic carbocycles. The molecule has 0 aliphatic heterocycles. The van der Waals surface area contributed by atoms with E-state index in [4.69, 9.17) is 17.2 Å². The highest BCUT2D eigenvalue weighted by molar-refractivity contribution is 7.98. The molecular formula is C25H42N6O5S. The second kappa shape index (κ2) is 16.8. The fourth-order valence-corrected chi connectivity index (χ4v) is 4.06. The first-order valence-corrected chi connectivity index (χ1v) is 13.8. The van der Waals surface area contributed by atoms with Crippen LogP contribution in [-0.2, 0) is 25.6 Å². The summed E-state index contributed by atoms with van der Waals surface area (Å²) in [6.45, 7) is 4.00. The van der Waals surface area contributed by atoms with Crippen LogP contribution in [0.25, 0.3) is 0 Å². The molecule has 0 saturated heterocycles. The number of hydrogen-bond acceptors (Lipinski definition) is 8. The highest BCUT2D eigenvalue weighted by atomic mass is 32.2. The molecule has 1 rings (SSSR count). The minimum atomic E-state index is -1.03. The Balaban J connectivity index is 3.08. The molecule has 0 aromatic heterocycles. The summed E-state index contributed by atoms with van der Waals surface area (Å²) in [6.07, 6.45) is 4.11. The number of rotatable bonds is 17. The van der Waals surface area contributed by atoms with Gasteiger partial charge < -0.3 is 38.3 Å². The van der Waals surface area contributed by atoms with Crippen molar-refractivity contribution in [3.8, 4) is 5.75 Å². The van der Waals surface area contributed by atoms with Crippen LogP contribution >= 0.6 is 11.8 Å². The topological polar surface area (TPSA) is 203 Å². The number of carbonyl (C=O) groups is 4. The molecule has 0 unspecified atom stereocenters. The van der Waals surface area contributed by atoms with Crippen LogP contribution in [0.2, 0.25) is 0 Å². The number of hydrogen-bond donors (Lipinski definition) is 7. The lowest BCUT2D eigenvalue weighted by Gasteiger charge is -2.26. The van der Waals surface area contributed by atoms with Gasteiger partial charge in [0.25, 0.3) is 0 Å². The maximum Gasteiger partial charge on any atom is 0.243 e. The quantitative estimate of drug-likeness (QED) is 0.131. The third-order valence-electron chi connectivity index (χ3n) is 5.83. The molecule has 12 heteroatoms. The van der Waals surface area contributed by atoms with Crippen LogP contribution in [0.15, 0.2) is 24.3 Å². The zero-order valence-corrected chi connectivity index (χ0v) is 22.7. The van der Waals surface area contributed by atoms with Gasteiger partial charge in [0.1, 0.15) is 23.9 Å². The van der Waals surface area contributed by atoms with E-state index in [0.29, 0.717) is 37.1 Å². The van der Waals surface area contributed by atoms with Crippen LogP contribution in [-0.4, -0.2) is 71.5 Å². The van der Waals surface area contributed by atoms with Crippen molar-refractivity contribution in [2.24, 2.45) is 23.1 Å². The number of nitrogens with two attached hydrogens (primary N) is 3. The SMILES string of the molecule is CSCC[C@H](NC(=O)[C@H](Cc1ccc(O)cc1)NC(=O)[C@@H](N)CCCCN)C(=O)N[C@H](C(N)=O)C(C)C. The van der Waals surface area contributed by atoms with Crippen molar-refractivity contribution in [1.29, 1.82) is 0 Å². The van der Waals surface area contributed by atoms with Crippen molar-refractivity contribution in [2.45, 2.75) is 70.1 Å². The monoisotopic (exact) mass is 538 g/mol. The molecule has 208 valence electrons. The number of phenols is 1. The molecule has 4 amide bonds. The summed E-state index contributed by atoms with van der Waals surface area (Å²) >= 11 is 1.50. The summed E-state index contributed by atoms with van der Waals surface area (Å²) in [7, 11) is 0. The van der Waals surface area contributed by atoms with Gasteiger partial charge >= 0.3 is 0 Å². The predicted molar refractivity (Wildman–Crippen MR) is 146 cm³/mol. The molecule has 11 nitrogen and oxygen atoms in total. The molecule has 1 aromatic rings. The Hall–Kier alpha value is -2.83. The van der Waals surface area contributed by atoms with Crippen LogP contribution in [0.3, 0.4) is 0 Å². The molecule has 0 saturated carbocycles. The van der Waals surface area contributed by atoms with E-state index in [-0.39, 0.29) is 18.1 Å². The fraction of sp³-hybridized carbons (Fsp3) is 0.600. The van der Waals surface area contributed by atoms with E-state index in [1.54, 1.807) is 26.0 Å². The van der Waals surface area contributed by atoms with Crippen LogP contribution in [0, 0.1) is 5.92 Å². The number of nitrogens with one attached hydrogen (secondary N) is 3. The summed E-state index contributed by atoms with van der Waals surface area (Å²) in [4.78, 5) is 50.9. The Labute approximate surface area is 223 Å². The maximum absolute atomic E-state index is 13.4. The first-order valence-electron chi connectivity index (χ1n) is 12.4. The summed E-state index contributed by atoms with van der Waals surface area (Å²) in [6, 6.07) is 2.56. The number of carbonyl (C=O) groups excluding carboxylic acids is 4. The number of unbranched alkanes of at least 4 members (excludes halogenated alkanes) is 1. The summed E-state index contributed by atoms with van der Waals surface area (Å²) in [5, 5.41) is 17.6. The predicted octanol–water partition coefficient (Wildman–Crippen LogP) is -0.260. The molecule has 0 aliphatic rings. The van der Waals surface area contributed by atoms with Gasteiger partial charge in [-0.3, -0.25) is 19.2 Å². The van der Waals surface area contributed by atoms with Gasteiger partial charge in [0.05, 0.1) is 6.04 Å². The van der Waals surface area contributed by atoms with Crippen molar-refractivity contribution in [3.63, 3.8) is 0 Å². The zero-order valence-electron chi connectivity index (χ0n) is 21.9. The van der Waals surface area contributed by atoms with E-state index in [2.05, 4.69) is 16.0 Å². The maximum atomic E-state index is 13.4. The Morgan fingerprint density at radius 2 is 1.51 bits per heavy atom. The minimum absolute atomic E-state index is 0.0682. The van der Waals surface area contributed by atoms with E-state index in [9.17, 15) is 24.3 Å². The Morgan fingerprint density at radius 1 is 0.919 bits per heavy atom. The highest BCUT2D eigenvalue weighted by Gasteiger charge is 2.30. The van der Waals surface area contributed by atoms with Gasteiger partial charge in [0.2, 0.25) is 23.6 Å². The molecule has 0 radical (unpaired) electrons. The van der Waals surface area contributed by atoms with Gasteiger partial charge in [0, 0.05) is 6.42 Å². The Morgan fingerprint density at radius 3 is 2.05 bits per heavy atom. The fourth-order valence-electron chi connectivity index (χ4n) is 3.59. The largest absolute Gasteiger partial charge is 0.508 e. The van der Waals surface area contributed by atoms with Gasteiger partial charge in [-0.05, 0) is 61.4 Å². The molecule has 37 heavy (non-hydrogen) atoms. The molecule has 0 fully saturated rings. The van der Waals surface area contributed by atoms with Crippen molar-refractivity contribution in [1.82, 2.24) is 16.0 Å². The molecule has 0 bridgehead atoms. The zero-order chi connectivity index (χ0) is 28.0. The van der Waals surface area contributed by atoms with Gasteiger partial charge in [0.15, 0.2) is 0 Å². The van der Waals surface area contributed by atoms with E-state index >= 15 is 0 Å². The second-order valence-corrected chi connectivity index (χ2v) is 10.3. The first-order chi connectivity index (χ1) is 17.5. The molecule has 0 heterocycles. The van der Waals surface area contributed by atoms with E-state index < -0.39 is 47.8 Å². The lowest BCUT2D eigenvalue weighted by Crippen LogP contribution is -2.58. The number of benzene rings is 1. The molecule has 4 atom stereocenters. The van der Waals surface area contributed by atoms with Crippen LogP contribution < -0.4 is 33.2 Å². The third kappa shape index (κ3) is 11.8. The van der Waals surface area contributed by atoms with Crippen LogP contribution in [0.4, 0.5) is 0 Å². The smallest absolute Gasteiger partial charge is 0.243 e. The van der Waals surface area contributed by atoms with Gasteiger partial charge in [-0.1, -0.05) is 32.4 Å². The number of thioether (sulfide) groups is 1. The van der Waals surface area contributed by atoms with Crippen molar-refractivity contribution >= 4 is 35.4 Å². The van der Waals surface area contributed by atoms with E-state index in [1.165, 1.54) is 23.9 Å². The lowest BCUT2D eigenvalue weighted by atomic mass is 10.0. The summed E-state index contributed by atoms with van der Waals surface area (Å²) in [5.74, 6) is -1.86. The molecule has 1 aromatic carbocycles. The first kappa shape index (κ1) is 32.2. The Bertz CT molecular complexity index is 883. The normalized spacial score (nSPS) is 14.3. The Kier molecular flexibility index (Phi) is 14.6. The summed E-state index contributed by atoms with van der Waals surface area (Å²) in [5.41, 5.74) is 17.6. The van der Waals surface area contributed by atoms with Crippen molar-refractivity contribution in [3.05, 3.63) is 29.8 Å². The molecule has 0 spiro atoms. The molecular weight excluding hydrogens is 496 g/mol. The summed E-state index contributed by atoms with van der Waals surface area (Å²) < 4.78 is 0. The second-order valence-electron chi connectivity index (χ2n) is 9.30. The van der Waals surface area contributed by atoms with Gasteiger partial charge in [-0.2, -0.15) is 11.8 Å². The van der Waals surface area contributed by atoms with E-state index in [1.807, 2.05) is 6.26 Å². The average molecular weight is 539 g/mol. The average Bonchev–Trinajstić information content (AvgIpc) is 2.85. The van der Waals surface area contributed by atoms with Gasteiger partial charge in [-0.25, -0.2) is 0 Å². The number of primary amides is 1. The lowest BCUT2D eigenvalue weighted by molar-refractivity contribution is -0.133. The number of aromatic hydroxyl groups is 1. The van der Waals surface area contributed by atoms with Gasteiger partial charge in [-0.15, -0.1) is 0 Å². The van der Waals surface area contributed by atoms with Crippen LogP contribution in [0.1, 0.15) is 45.1 Å². The standard InChI is InChI=1S/C25H42N6O5S/c1-15(2)21(22(28)33)31-24(35)19(11-13-37-3)29-25(36)20(14-16-7-9-17(32)10-8-16)30-23(34)18(27)6-4-5-12-26/h7-10,15,18-21,32H,4-6,11-14,26-27H2,1-3H3,(H2,28,33)(H,29,36)(H,30,34)(H,31,35)/t18-,19-,20-,21-/m0/s1. The van der Waals surface area contributed by atoms with E-state index in [0.717, 1.165) is 6.42 Å². The minimum Gasteiger partial charge on any atom is -0.508 e. The van der Waals surface area contributed by atoms with Crippen LogP contribution in [0.5, 0.6) is 5.75 Å². The molecule has 10 N–H and O–H groups in total. The highest BCUT2D eigenvalue weighted by Crippen LogP contribution is 2.13. The third-order valence-corrected chi connectivity index (χ3v) is 6.47. The van der Waals surface area contributed by atoms with Crippen molar-refractivity contribution < 1.29 is 24.3 Å². The van der Waals surface area contributed by atoms with Crippen molar-refractivity contribution in [2.75, 3.05) is 18.6 Å². The number of amides is 4. The number of phenolic OH excluding ortho intramolecular Hbond substituents is 1.